The smallest absolute Gasteiger partial charge is 0.220 e. The van der Waals surface area contributed by atoms with Crippen LogP contribution in [0, 0.1) is 0 Å². The van der Waals surface area contributed by atoms with Crippen LogP contribution in [0.25, 0.3) is 0 Å². The van der Waals surface area contributed by atoms with Gasteiger partial charge in [0.25, 0.3) is 0 Å². The topological polar surface area (TPSA) is 32.3 Å². The molecule has 1 aromatic rings. The maximum Gasteiger partial charge on any atom is 0.220 e. The lowest BCUT2D eigenvalue weighted by molar-refractivity contribution is -0.121. The zero-order valence-electron chi connectivity index (χ0n) is 13.2. The molecule has 1 saturated heterocycles. The molecule has 1 atom stereocenters. The molecule has 124 valence electrons. The van der Waals surface area contributed by atoms with Gasteiger partial charge in [0.15, 0.2) is 0 Å². The minimum atomic E-state index is 0. The molecule has 1 fully saturated rings. The molecule has 0 aliphatic carbocycles. The minimum absolute atomic E-state index is 0. The van der Waals surface area contributed by atoms with Gasteiger partial charge in [-0.05, 0) is 44.0 Å². The van der Waals surface area contributed by atoms with Crippen LogP contribution in [0.15, 0.2) is 24.3 Å². The molecule has 22 heavy (non-hydrogen) atoms. The highest BCUT2D eigenvalue weighted by Crippen LogP contribution is 2.29. The van der Waals surface area contributed by atoms with Gasteiger partial charge < -0.3 is 5.32 Å². The van der Waals surface area contributed by atoms with Crippen molar-refractivity contribution in [3.05, 3.63) is 34.9 Å². The van der Waals surface area contributed by atoms with E-state index in [2.05, 4.69) is 23.2 Å². The molecule has 1 aliphatic rings. The predicted molar refractivity (Wildman–Crippen MR) is 94.8 cm³/mol. The first-order valence-corrected chi connectivity index (χ1v) is 8.35. The molecule has 1 aromatic carbocycles. The van der Waals surface area contributed by atoms with Crippen molar-refractivity contribution < 1.29 is 4.79 Å². The largest absolute Gasteiger partial charge is 0.354 e. The summed E-state index contributed by atoms with van der Waals surface area (Å²) in [6.07, 6.45) is 5.07. The van der Waals surface area contributed by atoms with Gasteiger partial charge in [-0.15, -0.1) is 12.4 Å². The molecule has 0 aromatic heterocycles. The average Bonchev–Trinajstić information content (AvgIpc) is 3.01. The van der Waals surface area contributed by atoms with E-state index < -0.39 is 0 Å². The van der Waals surface area contributed by atoms with E-state index in [1.165, 1.54) is 12.8 Å². The Bertz CT molecular complexity index is 462. The summed E-state index contributed by atoms with van der Waals surface area (Å²) in [7, 11) is 0. The Kier molecular flexibility index (Phi) is 8.84. The van der Waals surface area contributed by atoms with Crippen molar-refractivity contribution >= 4 is 29.9 Å². The van der Waals surface area contributed by atoms with Gasteiger partial charge in [0.05, 0.1) is 6.04 Å². The van der Waals surface area contributed by atoms with Crippen molar-refractivity contribution in [3.8, 4) is 0 Å². The fourth-order valence-corrected chi connectivity index (χ4v) is 3.13. The van der Waals surface area contributed by atoms with Gasteiger partial charge in [-0.25, -0.2) is 0 Å². The van der Waals surface area contributed by atoms with E-state index in [1.54, 1.807) is 0 Å². The van der Waals surface area contributed by atoms with Gasteiger partial charge in [0, 0.05) is 18.0 Å². The number of amides is 1. The van der Waals surface area contributed by atoms with Gasteiger partial charge in [-0.2, -0.15) is 0 Å². The van der Waals surface area contributed by atoms with Gasteiger partial charge in [-0.3, -0.25) is 9.69 Å². The third kappa shape index (κ3) is 5.45. The zero-order valence-corrected chi connectivity index (χ0v) is 14.8. The Morgan fingerprint density at radius 1 is 1.32 bits per heavy atom. The summed E-state index contributed by atoms with van der Waals surface area (Å²) in [6.45, 7) is 4.91. The molecule has 3 nitrogen and oxygen atoms in total. The van der Waals surface area contributed by atoms with Crippen LogP contribution in [0.4, 0.5) is 0 Å². The van der Waals surface area contributed by atoms with Gasteiger partial charge in [0.2, 0.25) is 5.91 Å². The quantitative estimate of drug-likeness (QED) is 0.803. The van der Waals surface area contributed by atoms with Crippen LogP contribution in [0.5, 0.6) is 0 Å². The monoisotopic (exact) mass is 344 g/mol. The molecule has 0 saturated carbocycles. The van der Waals surface area contributed by atoms with E-state index in [0.29, 0.717) is 13.0 Å². The van der Waals surface area contributed by atoms with Crippen LogP contribution >= 0.6 is 24.0 Å². The Morgan fingerprint density at radius 2 is 2.00 bits per heavy atom. The lowest BCUT2D eigenvalue weighted by atomic mass is 10.1. The van der Waals surface area contributed by atoms with E-state index in [1.807, 2.05) is 18.2 Å². The molecule has 0 radical (unpaired) electrons. The number of carbonyl (C=O) groups is 1. The first-order chi connectivity index (χ1) is 10.2. The van der Waals surface area contributed by atoms with Gasteiger partial charge >= 0.3 is 0 Å². The van der Waals surface area contributed by atoms with Crippen molar-refractivity contribution in [1.82, 2.24) is 10.2 Å². The Morgan fingerprint density at radius 3 is 2.64 bits per heavy atom. The summed E-state index contributed by atoms with van der Waals surface area (Å²) in [5, 5.41) is 3.87. The molecule has 2 rings (SSSR count). The molecule has 1 N–H and O–H groups in total. The first-order valence-electron chi connectivity index (χ1n) is 7.97. The molecule has 5 heteroatoms. The molecule has 0 spiro atoms. The summed E-state index contributed by atoms with van der Waals surface area (Å²) in [5.41, 5.74) is 1.12. The number of hydrogen-bond acceptors (Lipinski definition) is 2. The molecule has 0 bridgehead atoms. The number of likely N-dealkylation sites (tertiary alicyclic amines) is 1. The lowest BCUT2D eigenvalue weighted by Crippen LogP contribution is -2.36. The fourth-order valence-electron chi connectivity index (χ4n) is 2.87. The summed E-state index contributed by atoms with van der Waals surface area (Å²) in [5.74, 6) is 0.146. The predicted octanol–water partition coefficient (Wildman–Crippen LogP) is 4.21. The molecule has 1 amide bonds. The van der Waals surface area contributed by atoms with E-state index >= 15 is 0 Å². The molecule has 1 aliphatic heterocycles. The van der Waals surface area contributed by atoms with Crippen molar-refractivity contribution in [2.45, 2.75) is 45.1 Å². The maximum absolute atomic E-state index is 11.9. The van der Waals surface area contributed by atoms with Gasteiger partial charge in [0.1, 0.15) is 0 Å². The van der Waals surface area contributed by atoms with E-state index in [-0.39, 0.29) is 24.4 Å². The fraction of sp³-hybridized carbons (Fsp3) is 0.588. The number of rotatable bonds is 7. The van der Waals surface area contributed by atoms with E-state index in [9.17, 15) is 4.79 Å². The number of halogens is 2. The molecular formula is C17H26Cl2N2O. The van der Waals surface area contributed by atoms with Crippen LogP contribution in [0.3, 0.4) is 0 Å². The molecular weight excluding hydrogens is 319 g/mol. The van der Waals surface area contributed by atoms with Crippen LogP contribution in [0.1, 0.15) is 50.6 Å². The number of nitrogens with one attached hydrogen (secondary N) is 1. The second-order valence-corrected chi connectivity index (χ2v) is 6.10. The Balaban J connectivity index is 0.00000242. The SMILES string of the molecule is CCCCC(=O)NCC(c1ccccc1Cl)N1CCCC1.Cl. The molecule has 1 unspecified atom stereocenters. The zero-order chi connectivity index (χ0) is 15.1. The Hall–Kier alpha value is -0.770. The van der Waals surface area contributed by atoms with E-state index in [0.717, 1.165) is 36.5 Å². The van der Waals surface area contributed by atoms with Crippen LogP contribution in [-0.2, 0) is 4.79 Å². The third-order valence-corrected chi connectivity index (χ3v) is 4.44. The Labute approximate surface area is 144 Å². The average molecular weight is 345 g/mol. The van der Waals surface area contributed by atoms with Crippen LogP contribution in [-0.4, -0.2) is 30.4 Å². The maximum atomic E-state index is 11.9. The number of carbonyl (C=O) groups excluding carboxylic acids is 1. The number of hydrogen-bond donors (Lipinski definition) is 1. The van der Waals surface area contributed by atoms with Crippen LogP contribution < -0.4 is 5.32 Å². The minimum Gasteiger partial charge on any atom is -0.354 e. The third-order valence-electron chi connectivity index (χ3n) is 4.10. The normalized spacial score (nSPS) is 16.1. The van der Waals surface area contributed by atoms with E-state index in [4.69, 9.17) is 11.6 Å². The lowest BCUT2D eigenvalue weighted by Gasteiger charge is -2.29. The number of benzene rings is 1. The van der Waals surface area contributed by atoms with Gasteiger partial charge in [-0.1, -0.05) is 43.1 Å². The highest BCUT2D eigenvalue weighted by molar-refractivity contribution is 6.31. The van der Waals surface area contributed by atoms with Crippen molar-refractivity contribution in [2.75, 3.05) is 19.6 Å². The highest BCUT2D eigenvalue weighted by atomic mass is 35.5. The second-order valence-electron chi connectivity index (χ2n) is 5.69. The summed E-state index contributed by atoms with van der Waals surface area (Å²) in [6, 6.07) is 8.16. The molecule has 1 heterocycles. The highest BCUT2D eigenvalue weighted by Gasteiger charge is 2.25. The van der Waals surface area contributed by atoms with Crippen molar-refractivity contribution in [2.24, 2.45) is 0 Å². The summed E-state index contributed by atoms with van der Waals surface area (Å²) < 4.78 is 0. The van der Waals surface area contributed by atoms with Crippen molar-refractivity contribution in [3.63, 3.8) is 0 Å². The summed E-state index contributed by atoms with van der Waals surface area (Å²) in [4.78, 5) is 14.3. The summed E-state index contributed by atoms with van der Waals surface area (Å²) >= 11 is 6.36. The number of unbranched alkanes of at least 4 members (excludes halogenated alkanes) is 1. The first kappa shape index (κ1) is 19.3. The second kappa shape index (κ2) is 10.1. The number of nitrogens with zero attached hydrogens (tertiary/aromatic N) is 1. The van der Waals surface area contributed by atoms with Crippen LogP contribution in [0.2, 0.25) is 5.02 Å². The standard InChI is InChI=1S/C17H25ClN2O.ClH/c1-2-3-10-17(21)19-13-16(20-11-6-7-12-20)14-8-4-5-9-15(14)18;/h4-5,8-9,16H,2-3,6-7,10-13H2,1H3,(H,19,21);1H. The van der Waals surface area contributed by atoms with Crippen molar-refractivity contribution in [1.29, 1.82) is 0 Å².